The van der Waals surface area contributed by atoms with E-state index in [1.54, 1.807) is 6.33 Å². The maximum atomic E-state index is 8.86. The van der Waals surface area contributed by atoms with Crippen molar-refractivity contribution in [3.63, 3.8) is 0 Å². The fourth-order valence-corrected chi connectivity index (χ4v) is 2.09. The van der Waals surface area contributed by atoms with Gasteiger partial charge in [-0.15, -0.1) is 0 Å². The van der Waals surface area contributed by atoms with E-state index in [0.29, 0.717) is 30.3 Å². The number of rotatable bonds is 7. The lowest BCUT2D eigenvalue weighted by molar-refractivity contribution is 0.292. The van der Waals surface area contributed by atoms with Gasteiger partial charge in [-0.25, -0.2) is 4.98 Å². The van der Waals surface area contributed by atoms with Crippen molar-refractivity contribution in [1.29, 1.82) is 0 Å². The van der Waals surface area contributed by atoms with Gasteiger partial charge in [-0.05, 0) is 30.4 Å². The van der Waals surface area contributed by atoms with Crippen LogP contribution in [0, 0.1) is 5.92 Å². The molecule has 0 aliphatic carbocycles. The number of aryl methyl sites for hydroxylation is 1. The number of fused-ring (bicyclic) bond motifs is 1. The SMILES string of the molecule is CC(C)CCn1cnc2nc(Cl)nc(NCCCO)c21. The second-order valence-electron chi connectivity index (χ2n) is 5.14. The van der Waals surface area contributed by atoms with Gasteiger partial charge in [0.2, 0.25) is 5.28 Å². The molecule has 0 bridgehead atoms. The number of nitrogens with one attached hydrogen (secondary N) is 1. The second-order valence-corrected chi connectivity index (χ2v) is 5.48. The Morgan fingerprint density at radius 1 is 1.40 bits per heavy atom. The molecule has 0 radical (unpaired) electrons. The lowest BCUT2D eigenvalue weighted by Crippen LogP contribution is -2.09. The van der Waals surface area contributed by atoms with E-state index in [1.807, 2.05) is 4.57 Å². The van der Waals surface area contributed by atoms with E-state index in [-0.39, 0.29) is 11.9 Å². The van der Waals surface area contributed by atoms with Gasteiger partial charge in [0.25, 0.3) is 0 Å². The van der Waals surface area contributed by atoms with Crippen molar-refractivity contribution < 1.29 is 5.11 Å². The molecule has 2 rings (SSSR count). The lowest BCUT2D eigenvalue weighted by atomic mass is 10.1. The van der Waals surface area contributed by atoms with E-state index >= 15 is 0 Å². The molecule has 6 nitrogen and oxygen atoms in total. The molecule has 2 heterocycles. The van der Waals surface area contributed by atoms with Crippen LogP contribution in [0.2, 0.25) is 5.28 Å². The third-order valence-corrected chi connectivity index (χ3v) is 3.19. The molecule has 0 fully saturated rings. The minimum Gasteiger partial charge on any atom is -0.396 e. The Labute approximate surface area is 123 Å². The maximum absolute atomic E-state index is 8.86. The largest absolute Gasteiger partial charge is 0.396 e. The van der Waals surface area contributed by atoms with Crippen molar-refractivity contribution in [2.45, 2.75) is 33.2 Å². The average molecular weight is 298 g/mol. The molecule has 20 heavy (non-hydrogen) atoms. The molecule has 7 heteroatoms. The zero-order valence-electron chi connectivity index (χ0n) is 11.8. The Bertz CT molecular complexity index is 569. The van der Waals surface area contributed by atoms with E-state index in [1.165, 1.54) is 0 Å². The number of hydrogen-bond acceptors (Lipinski definition) is 5. The molecule has 2 aromatic rings. The molecule has 2 N–H and O–H groups in total. The van der Waals surface area contributed by atoms with Gasteiger partial charge >= 0.3 is 0 Å². The zero-order chi connectivity index (χ0) is 14.5. The lowest BCUT2D eigenvalue weighted by Gasteiger charge is -2.10. The molecule has 0 aromatic carbocycles. The van der Waals surface area contributed by atoms with Crippen LogP contribution in [0.5, 0.6) is 0 Å². The number of nitrogens with zero attached hydrogens (tertiary/aromatic N) is 4. The molecule has 0 saturated carbocycles. The van der Waals surface area contributed by atoms with Crippen LogP contribution in [0.4, 0.5) is 5.82 Å². The Hall–Kier alpha value is -1.40. The van der Waals surface area contributed by atoms with Crippen molar-refractivity contribution in [3.8, 4) is 0 Å². The van der Waals surface area contributed by atoms with Crippen molar-refractivity contribution in [3.05, 3.63) is 11.6 Å². The van der Waals surface area contributed by atoms with Gasteiger partial charge < -0.3 is 15.0 Å². The molecule has 0 aliphatic heterocycles. The summed E-state index contributed by atoms with van der Waals surface area (Å²) in [4.78, 5) is 12.7. The summed E-state index contributed by atoms with van der Waals surface area (Å²) < 4.78 is 2.05. The third kappa shape index (κ3) is 3.58. The molecule has 0 amide bonds. The van der Waals surface area contributed by atoms with Crippen LogP contribution in [0.3, 0.4) is 0 Å². The summed E-state index contributed by atoms with van der Waals surface area (Å²) in [6.45, 7) is 6.02. The molecule has 2 aromatic heterocycles. The summed E-state index contributed by atoms with van der Waals surface area (Å²) in [6.07, 6.45) is 3.49. The van der Waals surface area contributed by atoms with Gasteiger partial charge in [0.05, 0.1) is 6.33 Å². The van der Waals surface area contributed by atoms with Gasteiger partial charge in [-0.3, -0.25) is 0 Å². The van der Waals surface area contributed by atoms with Gasteiger partial charge in [-0.2, -0.15) is 9.97 Å². The zero-order valence-corrected chi connectivity index (χ0v) is 12.6. The Kier molecular flexibility index (Phi) is 5.14. The first-order valence-electron chi connectivity index (χ1n) is 6.85. The van der Waals surface area contributed by atoms with Crippen molar-refractivity contribution in [1.82, 2.24) is 19.5 Å². The van der Waals surface area contributed by atoms with Crippen LogP contribution < -0.4 is 5.32 Å². The molecule has 0 saturated heterocycles. The number of halogens is 1. The van der Waals surface area contributed by atoms with Gasteiger partial charge in [-0.1, -0.05) is 13.8 Å². The molecule has 0 atom stereocenters. The van der Waals surface area contributed by atoms with Crippen molar-refractivity contribution >= 4 is 28.6 Å². The van der Waals surface area contributed by atoms with Crippen LogP contribution in [-0.2, 0) is 6.54 Å². The first kappa shape index (κ1) is 15.0. The molecule has 0 spiro atoms. The van der Waals surface area contributed by atoms with Crippen LogP contribution >= 0.6 is 11.6 Å². The number of anilines is 1. The summed E-state index contributed by atoms with van der Waals surface area (Å²) in [6, 6.07) is 0. The fraction of sp³-hybridized carbons (Fsp3) is 0.615. The van der Waals surface area contributed by atoms with E-state index in [4.69, 9.17) is 16.7 Å². The number of aliphatic hydroxyl groups is 1. The summed E-state index contributed by atoms with van der Waals surface area (Å²) >= 11 is 5.91. The molecule has 0 aliphatic rings. The minimum atomic E-state index is 0.140. The average Bonchev–Trinajstić information content (AvgIpc) is 2.79. The van der Waals surface area contributed by atoms with E-state index in [9.17, 15) is 0 Å². The topological polar surface area (TPSA) is 75.9 Å². The summed E-state index contributed by atoms with van der Waals surface area (Å²) in [5, 5.41) is 12.2. The normalized spacial score (nSPS) is 11.4. The molecule has 110 valence electrons. The summed E-state index contributed by atoms with van der Waals surface area (Å²) in [7, 11) is 0. The predicted octanol–water partition coefficient (Wildman–Crippen LogP) is 2.32. The highest BCUT2D eigenvalue weighted by Gasteiger charge is 2.12. The molecule has 0 unspecified atom stereocenters. The quantitative estimate of drug-likeness (QED) is 0.606. The summed E-state index contributed by atoms with van der Waals surface area (Å²) in [5.41, 5.74) is 1.47. The first-order valence-corrected chi connectivity index (χ1v) is 7.22. The van der Waals surface area contributed by atoms with Crippen LogP contribution in [0.15, 0.2) is 6.33 Å². The van der Waals surface area contributed by atoms with Gasteiger partial charge in [0, 0.05) is 19.7 Å². The van der Waals surface area contributed by atoms with E-state index in [2.05, 4.69) is 34.1 Å². The highest BCUT2D eigenvalue weighted by Crippen LogP contribution is 2.22. The summed E-state index contributed by atoms with van der Waals surface area (Å²) in [5.74, 6) is 1.29. The Morgan fingerprint density at radius 3 is 2.90 bits per heavy atom. The monoisotopic (exact) mass is 297 g/mol. The molecular formula is C13H20ClN5O. The van der Waals surface area contributed by atoms with Crippen LogP contribution in [0.25, 0.3) is 11.2 Å². The van der Waals surface area contributed by atoms with Crippen molar-refractivity contribution in [2.24, 2.45) is 5.92 Å². The van der Waals surface area contributed by atoms with Gasteiger partial charge in [0.1, 0.15) is 5.52 Å². The maximum Gasteiger partial charge on any atom is 0.226 e. The standard InChI is InChI=1S/C13H20ClN5O/c1-9(2)4-6-19-8-16-12-10(19)11(15-5-3-7-20)17-13(14)18-12/h8-9,20H,3-7H2,1-2H3,(H,15,17,18). The van der Waals surface area contributed by atoms with E-state index < -0.39 is 0 Å². The second kappa shape index (κ2) is 6.85. The van der Waals surface area contributed by atoms with Crippen LogP contribution in [-0.4, -0.2) is 37.8 Å². The number of hydrogen-bond donors (Lipinski definition) is 2. The van der Waals surface area contributed by atoms with Gasteiger partial charge in [0.15, 0.2) is 11.5 Å². The van der Waals surface area contributed by atoms with Crippen molar-refractivity contribution in [2.75, 3.05) is 18.5 Å². The van der Waals surface area contributed by atoms with E-state index in [0.717, 1.165) is 18.5 Å². The number of imidazole rings is 1. The van der Waals surface area contributed by atoms with Crippen LogP contribution in [0.1, 0.15) is 26.7 Å². The minimum absolute atomic E-state index is 0.140. The third-order valence-electron chi connectivity index (χ3n) is 3.02. The fourth-order valence-electron chi connectivity index (χ4n) is 1.93. The number of aliphatic hydroxyl groups excluding tert-OH is 1. The number of aromatic nitrogens is 4. The smallest absolute Gasteiger partial charge is 0.226 e. The first-order chi connectivity index (χ1) is 9.61. The highest BCUT2D eigenvalue weighted by atomic mass is 35.5. The Morgan fingerprint density at radius 2 is 2.20 bits per heavy atom. The highest BCUT2D eigenvalue weighted by molar-refractivity contribution is 6.28. The predicted molar refractivity (Wildman–Crippen MR) is 80.0 cm³/mol. The molecular weight excluding hydrogens is 278 g/mol. The Balaban J connectivity index is 2.29.